The second-order valence-corrected chi connectivity index (χ2v) is 5.80. The first-order chi connectivity index (χ1) is 11.1. The van der Waals surface area contributed by atoms with Gasteiger partial charge in [0.1, 0.15) is 5.69 Å². The van der Waals surface area contributed by atoms with Crippen molar-refractivity contribution in [3.8, 4) is 5.75 Å². The van der Waals surface area contributed by atoms with Crippen LogP contribution in [0.4, 0.5) is 14.5 Å². The molecular formula is C17H23F2N3O2. The summed E-state index contributed by atoms with van der Waals surface area (Å²) in [5, 5.41) is 17.6. The van der Waals surface area contributed by atoms with E-state index in [2.05, 4.69) is 11.7 Å². The van der Waals surface area contributed by atoms with Crippen molar-refractivity contribution < 1.29 is 18.6 Å². The number of hydrogen-bond donors (Lipinski definition) is 3. The summed E-state index contributed by atoms with van der Waals surface area (Å²) in [5.41, 5.74) is 4.29. The molecule has 0 unspecified atom stereocenters. The maximum absolute atomic E-state index is 14.0. The van der Waals surface area contributed by atoms with Crippen LogP contribution < -0.4 is 10.5 Å². The van der Waals surface area contributed by atoms with Crippen LogP contribution in [0.3, 0.4) is 0 Å². The summed E-state index contributed by atoms with van der Waals surface area (Å²) in [7, 11) is 0. The van der Waals surface area contributed by atoms with E-state index in [4.69, 9.17) is 15.9 Å². The molecule has 0 heterocycles. The van der Waals surface area contributed by atoms with Gasteiger partial charge in [0.05, 0.1) is 5.71 Å². The highest BCUT2D eigenvalue weighted by Crippen LogP contribution is 2.40. The van der Waals surface area contributed by atoms with Gasteiger partial charge >= 0.3 is 6.11 Å². The standard InChI is InChI=1S/C17H23F2N3O2/c1-5-6-12-11(13(21)9-10-20)7-8-14(15(12)22-4)24-17(18,19)16(2,3)23/h7-10,21,23H,4-6,20H2,1-3H3/b10-9-,21-13?. The lowest BCUT2D eigenvalue weighted by Gasteiger charge is -2.29. The largest absolute Gasteiger partial charge is 0.428 e. The molecule has 132 valence electrons. The van der Waals surface area contributed by atoms with Crippen LogP contribution in [0.2, 0.25) is 0 Å². The van der Waals surface area contributed by atoms with Crippen LogP contribution in [0, 0.1) is 5.41 Å². The Balaban J connectivity index is 3.47. The van der Waals surface area contributed by atoms with E-state index in [1.54, 1.807) is 0 Å². The summed E-state index contributed by atoms with van der Waals surface area (Å²) >= 11 is 0. The number of allylic oxidation sites excluding steroid dienone is 1. The fourth-order valence-electron chi connectivity index (χ4n) is 2.07. The molecule has 0 bridgehead atoms. The molecule has 0 amide bonds. The van der Waals surface area contributed by atoms with E-state index in [1.807, 2.05) is 6.92 Å². The van der Waals surface area contributed by atoms with Crippen molar-refractivity contribution in [3.05, 3.63) is 35.5 Å². The van der Waals surface area contributed by atoms with Crippen LogP contribution in [-0.2, 0) is 6.42 Å². The SMILES string of the molecule is C=Nc1c(OC(F)(F)C(C)(C)O)ccc(C(=N)/C=C\N)c1CCC. The summed E-state index contributed by atoms with van der Waals surface area (Å²) < 4.78 is 32.8. The molecule has 1 aromatic rings. The number of aliphatic hydroxyl groups is 1. The molecular weight excluding hydrogens is 316 g/mol. The summed E-state index contributed by atoms with van der Waals surface area (Å²) in [4.78, 5) is 3.82. The number of nitrogens with two attached hydrogens (primary N) is 1. The van der Waals surface area contributed by atoms with E-state index in [1.165, 1.54) is 24.4 Å². The predicted octanol–water partition coefficient (Wildman–Crippen LogP) is 3.55. The van der Waals surface area contributed by atoms with Crippen LogP contribution in [0.25, 0.3) is 0 Å². The third kappa shape index (κ3) is 4.17. The first-order valence-corrected chi connectivity index (χ1v) is 7.48. The van der Waals surface area contributed by atoms with Gasteiger partial charge in [-0.2, -0.15) is 8.78 Å². The Hall–Kier alpha value is -2.28. The number of nitrogens with zero attached hydrogens (tertiary/aromatic N) is 1. The van der Waals surface area contributed by atoms with Gasteiger partial charge in [0.25, 0.3) is 0 Å². The third-order valence-electron chi connectivity index (χ3n) is 3.41. The Kier molecular flexibility index (Phi) is 6.20. The first kappa shape index (κ1) is 19.8. The molecule has 0 radical (unpaired) electrons. The highest BCUT2D eigenvalue weighted by atomic mass is 19.3. The molecule has 0 aliphatic heterocycles. The van der Waals surface area contributed by atoms with E-state index >= 15 is 0 Å². The zero-order chi connectivity index (χ0) is 18.5. The molecule has 0 spiro atoms. The molecule has 1 rings (SSSR count). The van der Waals surface area contributed by atoms with Gasteiger partial charge in [0.15, 0.2) is 11.4 Å². The molecule has 24 heavy (non-hydrogen) atoms. The molecule has 0 fully saturated rings. The van der Waals surface area contributed by atoms with Crippen molar-refractivity contribution in [1.29, 1.82) is 5.41 Å². The van der Waals surface area contributed by atoms with E-state index in [0.29, 0.717) is 24.0 Å². The molecule has 7 heteroatoms. The van der Waals surface area contributed by atoms with Gasteiger partial charge in [-0.05, 0) is 57.0 Å². The quantitative estimate of drug-likeness (QED) is 0.632. The monoisotopic (exact) mass is 339 g/mol. The van der Waals surface area contributed by atoms with Gasteiger partial charge in [0, 0.05) is 5.56 Å². The highest BCUT2D eigenvalue weighted by molar-refractivity contribution is 6.08. The van der Waals surface area contributed by atoms with Crippen LogP contribution >= 0.6 is 0 Å². The van der Waals surface area contributed by atoms with E-state index in [0.717, 1.165) is 13.8 Å². The van der Waals surface area contributed by atoms with Gasteiger partial charge in [-0.3, -0.25) is 4.99 Å². The summed E-state index contributed by atoms with van der Waals surface area (Å²) in [6.45, 7) is 7.25. The zero-order valence-electron chi connectivity index (χ0n) is 14.1. The summed E-state index contributed by atoms with van der Waals surface area (Å²) in [6.07, 6.45) is 0.0115. The molecule has 1 aromatic carbocycles. The molecule has 0 aromatic heterocycles. The molecule has 0 saturated carbocycles. The van der Waals surface area contributed by atoms with Crippen LogP contribution in [0.5, 0.6) is 5.75 Å². The van der Waals surface area contributed by atoms with E-state index < -0.39 is 11.7 Å². The highest BCUT2D eigenvalue weighted by Gasteiger charge is 2.49. The van der Waals surface area contributed by atoms with Gasteiger partial charge in [0.2, 0.25) is 0 Å². The van der Waals surface area contributed by atoms with Crippen LogP contribution in [0.15, 0.2) is 29.4 Å². The maximum Gasteiger partial charge on any atom is 0.426 e. The minimum Gasteiger partial charge on any atom is -0.428 e. The van der Waals surface area contributed by atoms with Crippen molar-refractivity contribution in [2.45, 2.75) is 45.3 Å². The number of aliphatic imine (C=N–C) groups is 1. The third-order valence-corrected chi connectivity index (χ3v) is 3.41. The number of alkyl halides is 2. The molecule has 5 nitrogen and oxygen atoms in total. The molecule has 0 aliphatic carbocycles. The van der Waals surface area contributed by atoms with E-state index in [9.17, 15) is 13.9 Å². The number of nitrogens with one attached hydrogen (secondary N) is 1. The minimum atomic E-state index is -3.82. The number of benzene rings is 1. The van der Waals surface area contributed by atoms with Gasteiger partial charge in [-0.15, -0.1) is 0 Å². The average Bonchev–Trinajstić information content (AvgIpc) is 2.46. The number of rotatable bonds is 8. The Morgan fingerprint density at radius 2 is 2.08 bits per heavy atom. The lowest BCUT2D eigenvalue weighted by Crippen LogP contribution is -2.47. The predicted molar refractivity (Wildman–Crippen MR) is 91.7 cm³/mol. The minimum absolute atomic E-state index is 0.131. The van der Waals surface area contributed by atoms with Gasteiger partial charge in [-0.1, -0.05) is 13.3 Å². The topological polar surface area (TPSA) is 91.7 Å². The molecule has 0 saturated heterocycles. The first-order valence-electron chi connectivity index (χ1n) is 7.48. The number of hydrogen-bond acceptors (Lipinski definition) is 5. The van der Waals surface area contributed by atoms with Gasteiger partial charge in [-0.25, -0.2) is 0 Å². The average molecular weight is 339 g/mol. The van der Waals surface area contributed by atoms with Crippen molar-refractivity contribution in [1.82, 2.24) is 0 Å². The second kappa shape index (κ2) is 7.53. The fourth-order valence-corrected chi connectivity index (χ4v) is 2.07. The lowest BCUT2D eigenvalue weighted by atomic mass is 9.96. The van der Waals surface area contributed by atoms with Crippen LogP contribution in [-0.4, -0.2) is 29.2 Å². The number of ether oxygens (including phenoxy) is 1. The Morgan fingerprint density at radius 1 is 1.46 bits per heavy atom. The normalized spacial score (nSPS) is 12.4. The molecule has 4 N–H and O–H groups in total. The molecule has 0 atom stereocenters. The molecule has 0 aliphatic rings. The summed E-state index contributed by atoms with van der Waals surface area (Å²) in [6, 6.07) is 2.79. The Labute approximate surface area is 140 Å². The Morgan fingerprint density at radius 3 is 2.54 bits per heavy atom. The van der Waals surface area contributed by atoms with Crippen molar-refractivity contribution in [2.24, 2.45) is 10.7 Å². The fraction of sp³-hybridized carbons (Fsp3) is 0.412. The van der Waals surface area contributed by atoms with Crippen molar-refractivity contribution in [2.75, 3.05) is 0 Å². The van der Waals surface area contributed by atoms with Gasteiger partial charge < -0.3 is 21.0 Å². The zero-order valence-corrected chi connectivity index (χ0v) is 14.1. The number of halogens is 2. The van der Waals surface area contributed by atoms with Crippen LogP contribution in [0.1, 0.15) is 38.3 Å². The Bertz CT molecular complexity index is 650. The summed E-state index contributed by atoms with van der Waals surface area (Å²) in [5.74, 6) is -0.200. The van der Waals surface area contributed by atoms with Crippen molar-refractivity contribution >= 4 is 18.1 Å². The van der Waals surface area contributed by atoms with Crippen molar-refractivity contribution in [3.63, 3.8) is 0 Å². The lowest BCUT2D eigenvalue weighted by molar-refractivity contribution is -0.276. The van der Waals surface area contributed by atoms with E-state index in [-0.39, 0.29) is 17.1 Å². The smallest absolute Gasteiger partial charge is 0.426 e. The maximum atomic E-state index is 14.0. The second-order valence-electron chi connectivity index (χ2n) is 5.80.